The van der Waals surface area contributed by atoms with Gasteiger partial charge in [-0.05, 0) is 48.4 Å². The van der Waals surface area contributed by atoms with Crippen LogP contribution >= 0.6 is 11.3 Å². The fourth-order valence-corrected chi connectivity index (χ4v) is 4.90. The molecule has 0 spiro atoms. The largest absolute Gasteiger partial charge is 0.480 e. The van der Waals surface area contributed by atoms with Crippen LogP contribution in [0.1, 0.15) is 34.1 Å². The number of carbonyl (C=O) groups is 1. The topological polar surface area (TPSA) is 110 Å². The maximum atomic E-state index is 12.8. The molecule has 4 aromatic rings. The van der Waals surface area contributed by atoms with Crippen molar-refractivity contribution >= 4 is 27.5 Å². The van der Waals surface area contributed by atoms with Crippen molar-refractivity contribution in [1.29, 1.82) is 5.26 Å². The lowest BCUT2D eigenvalue weighted by Crippen LogP contribution is -2.33. The maximum absolute atomic E-state index is 12.8. The molecular weight excluding hydrogens is 450 g/mol. The van der Waals surface area contributed by atoms with Crippen LogP contribution in [-0.2, 0) is 23.3 Å². The average molecular weight is 472 g/mol. The number of rotatable bonds is 5. The van der Waals surface area contributed by atoms with E-state index >= 15 is 0 Å². The minimum Gasteiger partial charge on any atom is -0.480 e. The molecule has 1 aliphatic heterocycles. The summed E-state index contributed by atoms with van der Waals surface area (Å²) in [4.78, 5) is 26.3. The van der Waals surface area contributed by atoms with Crippen molar-refractivity contribution in [3.63, 3.8) is 0 Å². The van der Waals surface area contributed by atoms with Crippen molar-refractivity contribution in [2.24, 2.45) is 0 Å². The molecule has 34 heavy (non-hydrogen) atoms. The standard InChI is InChI=1S/C25H21N5O3S/c1-25(13-26)14-33-12-16-6-5-15(8-19(16)25)22(31)29-10-17-9-20-21(11-28-17)34-24(30-20)18-4-3-7-27-23(18)32-2/h3-9,11H,10,12,14H2,1-2H3,(H,29,31)/t25-/m1/s1. The second kappa shape index (κ2) is 8.82. The number of nitriles is 1. The van der Waals surface area contributed by atoms with Gasteiger partial charge in [-0.2, -0.15) is 5.26 Å². The predicted molar refractivity (Wildman–Crippen MR) is 127 cm³/mol. The fraction of sp³-hybridized carbons (Fsp3) is 0.240. The first-order valence-electron chi connectivity index (χ1n) is 10.7. The van der Waals surface area contributed by atoms with Crippen molar-refractivity contribution in [1.82, 2.24) is 20.3 Å². The van der Waals surface area contributed by atoms with Gasteiger partial charge in [0, 0.05) is 18.0 Å². The summed E-state index contributed by atoms with van der Waals surface area (Å²) in [6, 6.07) is 13.3. The number of aromatic nitrogens is 3. The van der Waals surface area contributed by atoms with Gasteiger partial charge in [0.05, 0.1) is 54.4 Å². The Morgan fingerprint density at radius 2 is 2.21 bits per heavy atom. The Balaban J connectivity index is 1.34. The number of amides is 1. The predicted octanol–water partition coefficient (Wildman–Crippen LogP) is 4.00. The monoisotopic (exact) mass is 471 g/mol. The number of carbonyl (C=O) groups excluding carboxylic acids is 1. The number of ether oxygens (including phenoxy) is 2. The number of benzene rings is 1. The van der Waals surface area contributed by atoms with E-state index in [9.17, 15) is 10.1 Å². The molecule has 4 heterocycles. The molecule has 1 N–H and O–H groups in total. The van der Waals surface area contributed by atoms with E-state index in [2.05, 4.69) is 21.4 Å². The van der Waals surface area contributed by atoms with E-state index in [1.165, 1.54) is 11.3 Å². The van der Waals surface area contributed by atoms with Crippen molar-refractivity contribution in [3.05, 3.63) is 71.2 Å². The highest BCUT2D eigenvalue weighted by atomic mass is 32.1. The van der Waals surface area contributed by atoms with Gasteiger partial charge in [-0.15, -0.1) is 11.3 Å². The zero-order valence-electron chi connectivity index (χ0n) is 18.7. The van der Waals surface area contributed by atoms with Gasteiger partial charge in [0.25, 0.3) is 5.91 Å². The quantitative estimate of drug-likeness (QED) is 0.468. The Morgan fingerprint density at radius 3 is 3.03 bits per heavy atom. The summed E-state index contributed by atoms with van der Waals surface area (Å²) in [6.45, 7) is 2.84. The van der Waals surface area contributed by atoms with Crippen LogP contribution in [0.25, 0.3) is 20.8 Å². The second-order valence-electron chi connectivity index (χ2n) is 8.21. The lowest BCUT2D eigenvalue weighted by molar-refractivity contribution is 0.0757. The van der Waals surface area contributed by atoms with Crippen molar-refractivity contribution in [3.8, 4) is 22.5 Å². The smallest absolute Gasteiger partial charge is 0.251 e. The second-order valence-corrected chi connectivity index (χ2v) is 9.24. The van der Waals surface area contributed by atoms with Crippen LogP contribution in [0, 0.1) is 11.3 Å². The Morgan fingerprint density at radius 1 is 1.32 bits per heavy atom. The fourth-order valence-electron chi connectivity index (χ4n) is 3.97. The summed E-state index contributed by atoms with van der Waals surface area (Å²) in [7, 11) is 1.58. The Hall–Kier alpha value is -3.87. The van der Waals surface area contributed by atoms with Crippen LogP contribution in [-0.4, -0.2) is 34.6 Å². The first-order valence-corrected chi connectivity index (χ1v) is 11.5. The van der Waals surface area contributed by atoms with E-state index in [0.717, 1.165) is 31.9 Å². The molecule has 0 unspecified atom stereocenters. The van der Waals surface area contributed by atoms with Crippen molar-refractivity contribution < 1.29 is 14.3 Å². The summed E-state index contributed by atoms with van der Waals surface area (Å²) in [5.41, 5.74) is 3.83. The molecule has 0 saturated carbocycles. The van der Waals surface area contributed by atoms with Crippen molar-refractivity contribution in [2.45, 2.75) is 25.5 Å². The first kappa shape index (κ1) is 21.9. The van der Waals surface area contributed by atoms with Gasteiger partial charge in [-0.3, -0.25) is 9.78 Å². The molecule has 1 atom stereocenters. The minimum absolute atomic E-state index is 0.226. The van der Waals surface area contributed by atoms with E-state index in [-0.39, 0.29) is 12.5 Å². The third-order valence-corrected chi connectivity index (χ3v) is 6.86. The maximum Gasteiger partial charge on any atom is 0.251 e. The molecule has 0 aliphatic carbocycles. The molecule has 9 heteroatoms. The van der Waals surface area contributed by atoms with Gasteiger partial charge in [0.2, 0.25) is 5.88 Å². The van der Waals surface area contributed by atoms with Crippen LogP contribution < -0.4 is 10.1 Å². The number of thiazole rings is 1. The summed E-state index contributed by atoms with van der Waals surface area (Å²) in [6.07, 6.45) is 3.44. The number of pyridine rings is 2. The molecular formula is C25H21N5O3S. The number of fused-ring (bicyclic) bond motifs is 2. The van der Waals surface area contributed by atoms with Crippen molar-refractivity contribution in [2.75, 3.05) is 13.7 Å². The Kier molecular flexibility index (Phi) is 5.69. The lowest BCUT2D eigenvalue weighted by atomic mass is 9.79. The number of nitrogens with one attached hydrogen (secondary N) is 1. The molecule has 0 radical (unpaired) electrons. The number of hydrogen-bond donors (Lipinski definition) is 1. The third-order valence-electron chi connectivity index (χ3n) is 5.82. The first-order chi connectivity index (χ1) is 16.5. The van der Waals surface area contributed by atoms with Crippen LogP contribution in [0.3, 0.4) is 0 Å². The number of hydrogen-bond acceptors (Lipinski definition) is 8. The van der Waals surface area contributed by atoms with Gasteiger partial charge in [0.15, 0.2) is 0 Å². The van der Waals surface area contributed by atoms with Gasteiger partial charge >= 0.3 is 0 Å². The van der Waals surface area contributed by atoms with Crippen LogP contribution in [0.2, 0.25) is 0 Å². The lowest BCUT2D eigenvalue weighted by Gasteiger charge is -2.30. The molecule has 1 aliphatic rings. The highest BCUT2D eigenvalue weighted by Crippen LogP contribution is 2.34. The summed E-state index contributed by atoms with van der Waals surface area (Å²) in [5, 5.41) is 13.3. The summed E-state index contributed by atoms with van der Waals surface area (Å²) < 4.78 is 11.8. The molecule has 0 saturated heterocycles. The molecule has 5 rings (SSSR count). The summed E-state index contributed by atoms with van der Waals surface area (Å²) >= 11 is 1.51. The highest BCUT2D eigenvalue weighted by Gasteiger charge is 2.33. The van der Waals surface area contributed by atoms with Crippen LogP contribution in [0.4, 0.5) is 0 Å². The Bertz CT molecular complexity index is 1440. The van der Waals surface area contributed by atoms with Gasteiger partial charge in [-0.25, -0.2) is 9.97 Å². The van der Waals surface area contributed by atoms with Gasteiger partial charge < -0.3 is 14.8 Å². The molecule has 1 amide bonds. The average Bonchev–Trinajstić information content (AvgIpc) is 3.30. The molecule has 3 aromatic heterocycles. The van der Waals surface area contributed by atoms with E-state index < -0.39 is 5.41 Å². The van der Waals surface area contributed by atoms with Crippen LogP contribution in [0.15, 0.2) is 48.8 Å². The molecule has 8 nitrogen and oxygen atoms in total. The third kappa shape index (κ3) is 3.98. The highest BCUT2D eigenvalue weighted by molar-refractivity contribution is 7.21. The minimum atomic E-state index is -0.768. The molecule has 0 bridgehead atoms. The number of nitrogens with zero attached hydrogens (tertiary/aromatic N) is 4. The van der Waals surface area contributed by atoms with E-state index in [0.29, 0.717) is 30.4 Å². The zero-order valence-corrected chi connectivity index (χ0v) is 19.5. The SMILES string of the molecule is COc1ncccc1-c1nc2cc(CNC(=O)c3ccc4c(c3)[C@](C)(C#N)COC4)ncc2s1. The van der Waals surface area contributed by atoms with Crippen LogP contribution in [0.5, 0.6) is 5.88 Å². The zero-order chi connectivity index (χ0) is 23.7. The Labute approximate surface area is 200 Å². The molecule has 0 fully saturated rings. The number of methoxy groups -OCH3 is 1. The van der Waals surface area contributed by atoms with Gasteiger partial charge in [-0.1, -0.05) is 6.07 Å². The van der Waals surface area contributed by atoms with E-state index in [4.69, 9.17) is 14.5 Å². The molecule has 170 valence electrons. The van der Waals surface area contributed by atoms with E-state index in [1.807, 2.05) is 31.2 Å². The molecule has 1 aromatic carbocycles. The van der Waals surface area contributed by atoms with E-state index in [1.54, 1.807) is 31.6 Å². The van der Waals surface area contributed by atoms with Gasteiger partial charge in [0.1, 0.15) is 10.4 Å². The normalized spacial score (nSPS) is 17.1. The summed E-state index contributed by atoms with van der Waals surface area (Å²) in [5.74, 6) is 0.293.